The minimum Gasteiger partial charge on any atom is -0.503 e. The molecule has 4 nitrogen and oxygen atoms in total. The van der Waals surface area contributed by atoms with Crippen molar-refractivity contribution in [3.05, 3.63) is 34.6 Å². The fourth-order valence-corrected chi connectivity index (χ4v) is 1.21. The minimum absolute atomic E-state index is 0.293. The summed E-state index contributed by atoms with van der Waals surface area (Å²) < 4.78 is 0. The van der Waals surface area contributed by atoms with E-state index in [1.165, 1.54) is 6.07 Å². The third-order valence-corrected chi connectivity index (χ3v) is 1.85. The normalized spacial score (nSPS) is 10.5. The lowest BCUT2D eigenvalue weighted by atomic mass is 10.2. The fraction of sp³-hybridized carbons (Fsp3) is 0. The second-order valence-electron chi connectivity index (χ2n) is 2.83. The van der Waals surface area contributed by atoms with Crippen LogP contribution in [-0.4, -0.2) is 10.1 Å². The molecule has 0 radical (unpaired) electrons. The van der Waals surface area contributed by atoms with Gasteiger partial charge in [-0.05, 0) is 24.3 Å². The Morgan fingerprint density at radius 2 is 2.08 bits per heavy atom. The molecule has 0 bridgehead atoms. The molecule has 0 aliphatic rings. The van der Waals surface area contributed by atoms with Gasteiger partial charge in [0.1, 0.15) is 0 Å². The molecule has 0 amide bonds. The van der Waals surface area contributed by atoms with Crippen LogP contribution in [0.15, 0.2) is 29.1 Å². The number of pyridine rings is 1. The standard InChI is InChI=1S/C9H8N2O2/c10-6-1-2-7-5(3-6)4-8(12)9(13)11-7/h1-4,12H,10H2,(H,11,13). The van der Waals surface area contributed by atoms with E-state index in [0.29, 0.717) is 11.2 Å². The number of aromatic amines is 1. The lowest BCUT2D eigenvalue weighted by Gasteiger charge is -1.99. The van der Waals surface area contributed by atoms with Gasteiger partial charge in [0.2, 0.25) is 0 Å². The van der Waals surface area contributed by atoms with Crippen LogP contribution in [0, 0.1) is 0 Å². The molecule has 0 saturated heterocycles. The monoisotopic (exact) mass is 176 g/mol. The van der Waals surface area contributed by atoms with Crippen LogP contribution in [0.25, 0.3) is 10.9 Å². The highest BCUT2D eigenvalue weighted by Crippen LogP contribution is 2.16. The first-order valence-electron chi connectivity index (χ1n) is 3.78. The summed E-state index contributed by atoms with van der Waals surface area (Å²) in [5.41, 5.74) is 6.31. The van der Waals surface area contributed by atoms with Gasteiger partial charge in [-0.2, -0.15) is 0 Å². The molecular weight excluding hydrogens is 168 g/mol. The van der Waals surface area contributed by atoms with Crippen LogP contribution in [0.2, 0.25) is 0 Å². The molecule has 4 heteroatoms. The predicted molar refractivity (Wildman–Crippen MR) is 50.6 cm³/mol. The molecule has 1 aromatic heterocycles. The number of aromatic hydroxyl groups is 1. The van der Waals surface area contributed by atoms with E-state index in [9.17, 15) is 4.79 Å². The smallest absolute Gasteiger partial charge is 0.290 e. The maximum atomic E-state index is 11.0. The molecule has 13 heavy (non-hydrogen) atoms. The number of nitrogens with one attached hydrogen (secondary N) is 1. The van der Waals surface area contributed by atoms with Gasteiger partial charge in [0.05, 0.1) is 0 Å². The lowest BCUT2D eigenvalue weighted by molar-refractivity contribution is 0.468. The molecule has 0 unspecified atom stereocenters. The fourth-order valence-electron chi connectivity index (χ4n) is 1.21. The molecule has 0 atom stereocenters. The van der Waals surface area contributed by atoms with Crippen molar-refractivity contribution in [3.63, 3.8) is 0 Å². The van der Waals surface area contributed by atoms with Gasteiger partial charge in [-0.1, -0.05) is 0 Å². The quantitative estimate of drug-likeness (QED) is 0.520. The van der Waals surface area contributed by atoms with Gasteiger partial charge in [-0.25, -0.2) is 0 Å². The van der Waals surface area contributed by atoms with E-state index < -0.39 is 5.56 Å². The van der Waals surface area contributed by atoms with Crippen LogP contribution < -0.4 is 11.3 Å². The average Bonchev–Trinajstić information content (AvgIpc) is 2.08. The molecule has 2 aromatic rings. The number of nitrogen functional groups attached to an aromatic ring is 1. The Hall–Kier alpha value is -1.97. The highest BCUT2D eigenvalue weighted by atomic mass is 16.3. The zero-order chi connectivity index (χ0) is 9.42. The van der Waals surface area contributed by atoms with Gasteiger partial charge in [0, 0.05) is 16.6 Å². The third kappa shape index (κ3) is 1.22. The van der Waals surface area contributed by atoms with Gasteiger partial charge in [-0.3, -0.25) is 4.79 Å². The van der Waals surface area contributed by atoms with Gasteiger partial charge < -0.3 is 15.8 Å². The van der Waals surface area contributed by atoms with Crippen molar-refractivity contribution in [1.29, 1.82) is 0 Å². The Morgan fingerprint density at radius 3 is 2.85 bits per heavy atom. The Morgan fingerprint density at radius 1 is 1.31 bits per heavy atom. The number of hydrogen-bond donors (Lipinski definition) is 3. The second-order valence-corrected chi connectivity index (χ2v) is 2.83. The van der Waals surface area contributed by atoms with E-state index in [4.69, 9.17) is 10.8 Å². The summed E-state index contributed by atoms with van der Waals surface area (Å²) in [7, 11) is 0. The summed E-state index contributed by atoms with van der Waals surface area (Å²) in [5, 5.41) is 9.84. The number of rotatable bonds is 0. The molecule has 66 valence electrons. The van der Waals surface area contributed by atoms with Gasteiger partial charge in [0.25, 0.3) is 5.56 Å². The van der Waals surface area contributed by atoms with Crippen molar-refractivity contribution in [1.82, 2.24) is 4.98 Å². The topological polar surface area (TPSA) is 79.1 Å². The summed E-state index contributed by atoms with van der Waals surface area (Å²) in [5.74, 6) is -0.293. The van der Waals surface area contributed by atoms with E-state index >= 15 is 0 Å². The SMILES string of the molecule is Nc1ccc2[nH]c(=O)c(O)cc2c1. The zero-order valence-electron chi connectivity index (χ0n) is 6.74. The molecule has 0 fully saturated rings. The minimum atomic E-state index is -0.489. The van der Waals surface area contributed by atoms with Crippen molar-refractivity contribution in [3.8, 4) is 5.75 Å². The van der Waals surface area contributed by atoms with Crippen molar-refractivity contribution in [2.45, 2.75) is 0 Å². The van der Waals surface area contributed by atoms with Crippen molar-refractivity contribution < 1.29 is 5.11 Å². The molecule has 0 aliphatic heterocycles. The van der Waals surface area contributed by atoms with E-state index in [1.807, 2.05) is 0 Å². The number of aromatic nitrogens is 1. The summed E-state index contributed by atoms with van der Waals surface area (Å²) in [6.45, 7) is 0. The molecule has 1 aromatic carbocycles. The van der Waals surface area contributed by atoms with E-state index in [2.05, 4.69) is 4.98 Å². The van der Waals surface area contributed by atoms with Crippen molar-refractivity contribution in [2.75, 3.05) is 5.73 Å². The van der Waals surface area contributed by atoms with Crippen LogP contribution >= 0.6 is 0 Å². The van der Waals surface area contributed by atoms with Gasteiger partial charge >= 0.3 is 0 Å². The van der Waals surface area contributed by atoms with Crippen LogP contribution in [0.3, 0.4) is 0 Å². The first kappa shape index (κ1) is 7.67. The number of anilines is 1. The zero-order valence-corrected chi connectivity index (χ0v) is 6.74. The summed E-state index contributed by atoms with van der Waals surface area (Å²) in [4.78, 5) is 13.5. The number of nitrogens with two attached hydrogens (primary N) is 1. The summed E-state index contributed by atoms with van der Waals surface area (Å²) >= 11 is 0. The second kappa shape index (κ2) is 2.52. The molecule has 0 aliphatic carbocycles. The lowest BCUT2D eigenvalue weighted by Crippen LogP contribution is -2.04. The predicted octanol–water partition coefficient (Wildman–Crippen LogP) is 0.816. The Kier molecular flexibility index (Phi) is 1.48. The molecule has 2 rings (SSSR count). The number of hydrogen-bond acceptors (Lipinski definition) is 3. The summed E-state index contributed by atoms with van der Waals surface area (Å²) in [6, 6.07) is 6.47. The number of H-pyrrole nitrogens is 1. The largest absolute Gasteiger partial charge is 0.503 e. The van der Waals surface area contributed by atoms with E-state index in [0.717, 1.165) is 5.39 Å². The molecular formula is C9H8N2O2. The van der Waals surface area contributed by atoms with E-state index in [1.54, 1.807) is 18.2 Å². The van der Waals surface area contributed by atoms with Gasteiger partial charge in [0.15, 0.2) is 5.75 Å². The Balaban J connectivity index is 2.89. The van der Waals surface area contributed by atoms with Crippen molar-refractivity contribution in [2.24, 2.45) is 0 Å². The first-order valence-corrected chi connectivity index (χ1v) is 3.78. The maximum Gasteiger partial charge on any atom is 0.290 e. The van der Waals surface area contributed by atoms with Gasteiger partial charge in [-0.15, -0.1) is 0 Å². The molecule has 1 heterocycles. The maximum absolute atomic E-state index is 11.0. The molecule has 0 spiro atoms. The van der Waals surface area contributed by atoms with Crippen LogP contribution in [0.5, 0.6) is 5.75 Å². The molecule has 0 saturated carbocycles. The highest BCUT2D eigenvalue weighted by molar-refractivity contribution is 5.82. The highest BCUT2D eigenvalue weighted by Gasteiger charge is 1.99. The van der Waals surface area contributed by atoms with Crippen LogP contribution in [0.4, 0.5) is 5.69 Å². The number of fused-ring (bicyclic) bond motifs is 1. The van der Waals surface area contributed by atoms with Crippen LogP contribution in [-0.2, 0) is 0 Å². The van der Waals surface area contributed by atoms with Crippen LogP contribution in [0.1, 0.15) is 0 Å². The number of benzene rings is 1. The molecule has 4 N–H and O–H groups in total. The Labute approximate surface area is 73.6 Å². The Bertz CT molecular complexity index is 516. The van der Waals surface area contributed by atoms with E-state index in [-0.39, 0.29) is 5.75 Å². The third-order valence-electron chi connectivity index (χ3n) is 1.85. The first-order chi connectivity index (χ1) is 6.16. The summed E-state index contributed by atoms with van der Waals surface area (Å²) in [6.07, 6.45) is 0. The average molecular weight is 176 g/mol. The van der Waals surface area contributed by atoms with Crippen molar-refractivity contribution >= 4 is 16.6 Å².